The monoisotopic (exact) mass is 269 g/mol. The number of nitrogens with one attached hydrogen (secondary N) is 1. The summed E-state index contributed by atoms with van der Waals surface area (Å²) in [4.78, 5) is 11.5. The minimum Gasteiger partial charge on any atom is -0.445 e. The van der Waals surface area contributed by atoms with E-state index in [-0.39, 0.29) is 6.04 Å². The van der Waals surface area contributed by atoms with E-state index in [0.717, 1.165) is 12.0 Å². The first-order chi connectivity index (χ1) is 8.72. The average molecular weight is 269 g/mol. The van der Waals surface area contributed by atoms with Gasteiger partial charge in [-0.25, -0.2) is 4.79 Å². The third-order valence-electron chi connectivity index (χ3n) is 2.33. The van der Waals surface area contributed by atoms with Gasteiger partial charge in [-0.05, 0) is 31.0 Å². The standard InChI is InChI=1S/C13H19NO3S/c1-11(8-9-17-18-2)14-13(15)16-10-12-6-4-3-5-7-12/h3-7,11H,8-10H2,1-2H3,(H,14,15). The summed E-state index contributed by atoms with van der Waals surface area (Å²) in [6, 6.07) is 9.64. The predicted octanol–water partition coefficient (Wildman–Crippen LogP) is 2.99. The largest absolute Gasteiger partial charge is 0.445 e. The van der Waals surface area contributed by atoms with E-state index in [0.29, 0.717) is 13.2 Å². The summed E-state index contributed by atoms with van der Waals surface area (Å²) in [6.45, 7) is 2.83. The van der Waals surface area contributed by atoms with Crippen LogP contribution in [0.15, 0.2) is 30.3 Å². The maximum Gasteiger partial charge on any atom is 0.407 e. The second-order valence-electron chi connectivity index (χ2n) is 3.88. The first-order valence-corrected chi connectivity index (χ1v) is 7.00. The summed E-state index contributed by atoms with van der Waals surface area (Å²) < 4.78 is 10.2. The number of alkyl carbamates (subject to hydrolysis) is 1. The van der Waals surface area contributed by atoms with E-state index in [1.54, 1.807) is 0 Å². The molecule has 0 heterocycles. The van der Waals surface area contributed by atoms with Crippen molar-refractivity contribution >= 4 is 18.1 Å². The molecular weight excluding hydrogens is 250 g/mol. The van der Waals surface area contributed by atoms with Crippen molar-refractivity contribution in [3.63, 3.8) is 0 Å². The van der Waals surface area contributed by atoms with Crippen LogP contribution in [0, 0.1) is 0 Å². The van der Waals surface area contributed by atoms with Crippen LogP contribution in [0.3, 0.4) is 0 Å². The zero-order chi connectivity index (χ0) is 13.2. The number of hydrogen-bond donors (Lipinski definition) is 1. The van der Waals surface area contributed by atoms with E-state index in [4.69, 9.17) is 8.92 Å². The van der Waals surface area contributed by atoms with Crippen molar-refractivity contribution < 1.29 is 13.7 Å². The highest BCUT2D eigenvalue weighted by Gasteiger charge is 2.08. The van der Waals surface area contributed by atoms with E-state index < -0.39 is 6.09 Å². The van der Waals surface area contributed by atoms with Gasteiger partial charge in [0.2, 0.25) is 0 Å². The highest BCUT2D eigenvalue weighted by Crippen LogP contribution is 2.02. The zero-order valence-electron chi connectivity index (χ0n) is 10.7. The molecule has 0 aliphatic carbocycles. The van der Waals surface area contributed by atoms with Gasteiger partial charge in [0.1, 0.15) is 6.61 Å². The van der Waals surface area contributed by atoms with Crippen molar-refractivity contribution in [3.05, 3.63) is 35.9 Å². The maximum atomic E-state index is 11.5. The molecule has 0 aliphatic rings. The molecule has 0 radical (unpaired) electrons. The smallest absolute Gasteiger partial charge is 0.407 e. The lowest BCUT2D eigenvalue weighted by molar-refractivity contribution is 0.135. The maximum absolute atomic E-state index is 11.5. The van der Waals surface area contributed by atoms with E-state index in [9.17, 15) is 4.79 Å². The molecule has 0 saturated heterocycles. The molecule has 0 spiro atoms. The Morgan fingerprint density at radius 1 is 1.39 bits per heavy atom. The predicted molar refractivity (Wildman–Crippen MR) is 73.3 cm³/mol. The molecule has 0 bridgehead atoms. The molecule has 1 aromatic rings. The Balaban J connectivity index is 2.17. The second-order valence-corrected chi connectivity index (χ2v) is 4.45. The van der Waals surface area contributed by atoms with Crippen LogP contribution in [0.1, 0.15) is 18.9 Å². The normalized spacial score (nSPS) is 11.9. The Labute approximate surface area is 112 Å². The summed E-state index contributed by atoms with van der Waals surface area (Å²) in [6.07, 6.45) is 2.24. The SMILES string of the molecule is CSOCCC(C)NC(=O)OCc1ccccc1. The lowest BCUT2D eigenvalue weighted by Gasteiger charge is -2.13. The number of amides is 1. The topological polar surface area (TPSA) is 47.6 Å². The van der Waals surface area contributed by atoms with E-state index in [2.05, 4.69) is 5.32 Å². The number of carbonyl (C=O) groups is 1. The highest BCUT2D eigenvalue weighted by atomic mass is 32.2. The molecule has 1 N–H and O–H groups in total. The van der Waals surface area contributed by atoms with Gasteiger partial charge >= 0.3 is 6.09 Å². The minimum absolute atomic E-state index is 0.0421. The number of carbonyl (C=O) groups excluding carboxylic acids is 1. The molecule has 1 rings (SSSR count). The van der Waals surface area contributed by atoms with Crippen molar-refractivity contribution in [2.75, 3.05) is 12.9 Å². The van der Waals surface area contributed by atoms with Crippen molar-refractivity contribution in [3.8, 4) is 0 Å². The van der Waals surface area contributed by atoms with Gasteiger partial charge in [-0.15, -0.1) is 0 Å². The van der Waals surface area contributed by atoms with Gasteiger partial charge in [0.15, 0.2) is 0 Å². The van der Waals surface area contributed by atoms with Gasteiger partial charge in [0.25, 0.3) is 0 Å². The number of benzene rings is 1. The number of hydrogen-bond acceptors (Lipinski definition) is 4. The van der Waals surface area contributed by atoms with Crippen LogP contribution in [-0.4, -0.2) is 25.0 Å². The van der Waals surface area contributed by atoms with E-state index in [1.807, 2.05) is 43.5 Å². The Bertz CT molecular complexity index is 345. The Hall–Kier alpha value is -1.20. The van der Waals surface area contributed by atoms with E-state index >= 15 is 0 Å². The summed E-state index contributed by atoms with van der Waals surface area (Å²) >= 11 is 1.33. The molecule has 0 aliphatic heterocycles. The highest BCUT2D eigenvalue weighted by molar-refractivity contribution is 7.93. The lowest BCUT2D eigenvalue weighted by atomic mass is 10.2. The van der Waals surface area contributed by atoms with Gasteiger partial charge in [-0.3, -0.25) is 0 Å². The van der Waals surface area contributed by atoms with Crippen LogP contribution in [0.5, 0.6) is 0 Å². The van der Waals surface area contributed by atoms with Gasteiger partial charge in [0.05, 0.1) is 6.61 Å². The lowest BCUT2D eigenvalue weighted by Crippen LogP contribution is -2.33. The zero-order valence-corrected chi connectivity index (χ0v) is 11.5. The first-order valence-electron chi connectivity index (χ1n) is 5.85. The molecule has 0 aromatic heterocycles. The molecule has 0 fully saturated rings. The Morgan fingerprint density at radius 2 is 2.11 bits per heavy atom. The fraction of sp³-hybridized carbons (Fsp3) is 0.462. The fourth-order valence-electron chi connectivity index (χ4n) is 1.35. The first kappa shape index (κ1) is 14.9. The van der Waals surface area contributed by atoms with Gasteiger partial charge in [0, 0.05) is 12.3 Å². The summed E-state index contributed by atoms with van der Waals surface area (Å²) in [5.74, 6) is 0. The molecular formula is C13H19NO3S. The fourth-order valence-corrected chi connectivity index (χ4v) is 1.61. The van der Waals surface area contributed by atoms with Crippen LogP contribution in [-0.2, 0) is 15.5 Å². The summed E-state index contributed by atoms with van der Waals surface area (Å²) in [7, 11) is 0. The molecule has 0 saturated carbocycles. The molecule has 1 aromatic carbocycles. The molecule has 18 heavy (non-hydrogen) atoms. The van der Waals surface area contributed by atoms with Gasteiger partial charge < -0.3 is 14.2 Å². The van der Waals surface area contributed by atoms with Crippen LogP contribution in [0.25, 0.3) is 0 Å². The van der Waals surface area contributed by atoms with Crippen molar-refractivity contribution in [2.45, 2.75) is 26.0 Å². The summed E-state index contributed by atoms with van der Waals surface area (Å²) in [5, 5.41) is 2.76. The Kier molecular flexibility index (Phi) is 7.29. The van der Waals surface area contributed by atoms with Crippen LogP contribution in [0.2, 0.25) is 0 Å². The third kappa shape index (κ3) is 6.51. The van der Waals surface area contributed by atoms with Crippen molar-refractivity contribution in [2.24, 2.45) is 0 Å². The third-order valence-corrected chi connectivity index (χ3v) is 2.73. The second kappa shape index (κ2) is 8.83. The van der Waals surface area contributed by atoms with Crippen molar-refractivity contribution in [1.29, 1.82) is 0 Å². The van der Waals surface area contributed by atoms with Crippen LogP contribution < -0.4 is 5.32 Å². The van der Waals surface area contributed by atoms with Crippen LogP contribution in [0.4, 0.5) is 4.79 Å². The Morgan fingerprint density at radius 3 is 2.78 bits per heavy atom. The average Bonchev–Trinajstić information content (AvgIpc) is 2.38. The molecule has 100 valence electrons. The van der Waals surface area contributed by atoms with Gasteiger partial charge in [-0.2, -0.15) is 0 Å². The summed E-state index contributed by atoms with van der Waals surface area (Å²) in [5.41, 5.74) is 0.978. The number of rotatable bonds is 7. The van der Waals surface area contributed by atoms with Crippen LogP contribution >= 0.6 is 12.0 Å². The molecule has 5 heteroatoms. The minimum atomic E-state index is -0.393. The quantitative estimate of drug-likeness (QED) is 0.610. The molecule has 4 nitrogen and oxygen atoms in total. The molecule has 1 unspecified atom stereocenters. The van der Waals surface area contributed by atoms with Gasteiger partial charge in [-0.1, -0.05) is 30.3 Å². The molecule has 1 amide bonds. The van der Waals surface area contributed by atoms with E-state index in [1.165, 1.54) is 12.0 Å². The van der Waals surface area contributed by atoms with Crippen molar-refractivity contribution in [1.82, 2.24) is 5.32 Å². The number of ether oxygens (including phenoxy) is 1. The molecule has 1 atom stereocenters.